The molecule has 0 atom stereocenters. The van der Waals surface area contributed by atoms with Crippen molar-refractivity contribution in [2.24, 2.45) is 0 Å². The van der Waals surface area contributed by atoms with Gasteiger partial charge in [0.2, 0.25) is 5.91 Å². The van der Waals surface area contributed by atoms with E-state index in [-0.39, 0.29) is 21.2 Å². The maximum Gasteiger partial charge on any atom is 0.339 e. The molecule has 206 valence electrons. The largest absolute Gasteiger partial charge is 0.490 e. The van der Waals surface area contributed by atoms with Gasteiger partial charge in [0.15, 0.2) is 11.5 Å². The van der Waals surface area contributed by atoms with Gasteiger partial charge in [-0.15, -0.1) is 0 Å². The van der Waals surface area contributed by atoms with Crippen LogP contribution in [0.4, 0.5) is 10.5 Å². The minimum absolute atomic E-state index is 0.0685. The third-order valence-corrected chi connectivity index (χ3v) is 6.87. The minimum Gasteiger partial charge on any atom is -0.490 e. The van der Waals surface area contributed by atoms with Crippen LogP contribution in [0.3, 0.4) is 0 Å². The van der Waals surface area contributed by atoms with Gasteiger partial charge in [0.1, 0.15) is 13.2 Å². The summed E-state index contributed by atoms with van der Waals surface area (Å²) >= 11 is 6.74. The predicted molar refractivity (Wildman–Crippen MR) is 152 cm³/mol. The molecule has 0 spiro atoms. The van der Waals surface area contributed by atoms with E-state index in [1.165, 1.54) is 25.3 Å². The van der Waals surface area contributed by atoms with Crippen molar-refractivity contribution in [1.29, 1.82) is 0 Å². The van der Waals surface area contributed by atoms with Gasteiger partial charge in [-0.1, -0.05) is 48.0 Å². The third-order valence-electron chi connectivity index (χ3n) is 5.63. The molecule has 0 unspecified atom stereocenters. The highest BCUT2D eigenvalue weighted by atomic mass is 35.5. The van der Waals surface area contributed by atoms with Crippen LogP contribution in [0.15, 0.2) is 71.6 Å². The molecule has 40 heavy (non-hydrogen) atoms. The molecule has 0 saturated carbocycles. The number of benzene rings is 3. The van der Waals surface area contributed by atoms with Crippen molar-refractivity contribution in [1.82, 2.24) is 4.90 Å². The Morgan fingerprint density at radius 1 is 1.00 bits per heavy atom. The fourth-order valence-electron chi connectivity index (χ4n) is 3.74. The molecular weight excluding hydrogens is 556 g/mol. The Hall–Kier alpha value is -4.28. The van der Waals surface area contributed by atoms with Crippen molar-refractivity contribution in [2.45, 2.75) is 13.5 Å². The number of carbonyl (C=O) groups excluding carboxylic acids is 4. The van der Waals surface area contributed by atoms with Gasteiger partial charge in [-0.25, -0.2) is 4.79 Å². The van der Waals surface area contributed by atoms with Crippen LogP contribution in [0.25, 0.3) is 6.08 Å². The summed E-state index contributed by atoms with van der Waals surface area (Å²) in [5.74, 6) is -0.843. The van der Waals surface area contributed by atoms with Crippen LogP contribution in [-0.2, 0) is 20.9 Å². The molecule has 11 heteroatoms. The number of nitrogens with one attached hydrogen (secondary N) is 1. The molecule has 3 aromatic rings. The van der Waals surface area contributed by atoms with E-state index >= 15 is 0 Å². The molecule has 1 aliphatic rings. The fourth-order valence-corrected chi connectivity index (χ4v) is 4.77. The normalized spacial score (nSPS) is 13.9. The van der Waals surface area contributed by atoms with E-state index in [4.69, 9.17) is 21.1 Å². The Kier molecular flexibility index (Phi) is 9.47. The molecule has 0 aromatic heterocycles. The van der Waals surface area contributed by atoms with E-state index < -0.39 is 29.6 Å². The Balaban J connectivity index is 1.44. The second-order valence-corrected chi connectivity index (χ2v) is 9.82. The SMILES string of the molecule is CCOc1cc(/C=C2/SC(=O)N(CC(=O)Nc3ccc(Cl)c(C(=O)OC)c3)C2=O)ccc1OCc1ccccc1. The molecule has 1 aliphatic heterocycles. The number of imide groups is 1. The average Bonchev–Trinajstić information content (AvgIpc) is 3.21. The number of rotatable bonds is 10. The van der Waals surface area contributed by atoms with Gasteiger partial charge in [0.05, 0.1) is 29.2 Å². The first kappa shape index (κ1) is 28.7. The van der Waals surface area contributed by atoms with Crippen LogP contribution in [0.5, 0.6) is 11.5 Å². The smallest absolute Gasteiger partial charge is 0.339 e. The van der Waals surface area contributed by atoms with Crippen molar-refractivity contribution in [3.63, 3.8) is 0 Å². The number of anilines is 1. The molecule has 3 aromatic carbocycles. The van der Waals surface area contributed by atoms with Crippen LogP contribution in [0.1, 0.15) is 28.4 Å². The van der Waals surface area contributed by atoms with Gasteiger partial charge < -0.3 is 19.5 Å². The van der Waals surface area contributed by atoms with Crippen LogP contribution in [0, 0.1) is 0 Å². The molecule has 0 aliphatic carbocycles. The zero-order valence-electron chi connectivity index (χ0n) is 21.6. The van der Waals surface area contributed by atoms with E-state index in [0.29, 0.717) is 30.3 Å². The van der Waals surface area contributed by atoms with Crippen LogP contribution >= 0.6 is 23.4 Å². The lowest BCUT2D eigenvalue weighted by atomic mass is 10.1. The van der Waals surface area contributed by atoms with Crippen molar-refractivity contribution >= 4 is 58.1 Å². The van der Waals surface area contributed by atoms with Gasteiger partial charge in [-0.05, 0) is 66.2 Å². The predicted octanol–water partition coefficient (Wildman–Crippen LogP) is 5.78. The summed E-state index contributed by atoms with van der Waals surface area (Å²) in [6, 6.07) is 19.2. The summed E-state index contributed by atoms with van der Waals surface area (Å²) in [5.41, 5.74) is 1.96. The first-order valence-electron chi connectivity index (χ1n) is 12.2. The molecule has 1 saturated heterocycles. The van der Waals surface area contributed by atoms with Gasteiger partial charge in [0.25, 0.3) is 11.1 Å². The van der Waals surface area contributed by atoms with Gasteiger partial charge in [0, 0.05) is 5.69 Å². The lowest BCUT2D eigenvalue weighted by molar-refractivity contribution is -0.127. The molecule has 1 fully saturated rings. The summed E-state index contributed by atoms with van der Waals surface area (Å²) in [6.45, 7) is 2.12. The maximum atomic E-state index is 13.0. The molecular formula is C29H25ClN2O7S. The zero-order valence-corrected chi connectivity index (χ0v) is 23.2. The first-order valence-corrected chi connectivity index (χ1v) is 13.3. The number of thioether (sulfide) groups is 1. The molecule has 1 N–H and O–H groups in total. The summed E-state index contributed by atoms with van der Waals surface area (Å²) in [7, 11) is 1.21. The number of esters is 1. The summed E-state index contributed by atoms with van der Waals surface area (Å²) in [5, 5.41) is 2.14. The van der Waals surface area contributed by atoms with Crippen LogP contribution in [-0.4, -0.2) is 48.2 Å². The number of halogens is 1. The molecule has 4 rings (SSSR count). The Morgan fingerprint density at radius 2 is 1.77 bits per heavy atom. The van der Waals surface area contributed by atoms with Crippen molar-refractivity contribution in [3.8, 4) is 11.5 Å². The third kappa shape index (κ3) is 7.02. The van der Waals surface area contributed by atoms with Crippen molar-refractivity contribution < 1.29 is 33.4 Å². The average molecular weight is 581 g/mol. The van der Waals surface area contributed by atoms with E-state index in [1.54, 1.807) is 24.3 Å². The highest BCUT2D eigenvalue weighted by Crippen LogP contribution is 2.35. The number of nitrogens with zero attached hydrogens (tertiary/aromatic N) is 1. The molecule has 0 radical (unpaired) electrons. The van der Waals surface area contributed by atoms with E-state index in [9.17, 15) is 19.2 Å². The number of amides is 3. The standard InChI is InChI=1S/C29H25ClN2O7S/c1-3-38-24-13-19(9-12-23(24)39-17-18-7-5-4-6-8-18)14-25-27(34)32(29(36)40-25)16-26(33)31-20-10-11-22(30)21(15-20)28(35)37-2/h4-15H,3,16-17H2,1-2H3,(H,31,33)/b25-14+. The number of methoxy groups -OCH3 is 1. The lowest BCUT2D eigenvalue weighted by Gasteiger charge is -2.13. The van der Waals surface area contributed by atoms with Gasteiger partial charge >= 0.3 is 5.97 Å². The van der Waals surface area contributed by atoms with Crippen LogP contribution < -0.4 is 14.8 Å². The second kappa shape index (κ2) is 13.2. The number of carbonyl (C=O) groups is 4. The quantitative estimate of drug-likeness (QED) is 0.237. The summed E-state index contributed by atoms with van der Waals surface area (Å²) < 4.78 is 16.3. The Labute approximate surface area is 240 Å². The monoisotopic (exact) mass is 580 g/mol. The number of hydrogen-bond donors (Lipinski definition) is 1. The Bertz CT molecular complexity index is 1480. The fraction of sp³-hybridized carbons (Fsp3) is 0.172. The van der Waals surface area contributed by atoms with E-state index in [2.05, 4.69) is 10.1 Å². The lowest BCUT2D eigenvalue weighted by Crippen LogP contribution is -2.36. The topological polar surface area (TPSA) is 111 Å². The number of hydrogen-bond acceptors (Lipinski definition) is 8. The molecule has 1 heterocycles. The second-order valence-electron chi connectivity index (χ2n) is 8.42. The zero-order chi connectivity index (χ0) is 28.6. The van der Waals surface area contributed by atoms with Crippen LogP contribution in [0.2, 0.25) is 5.02 Å². The van der Waals surface area contributed by atoms with Crippen molar-refractivity contribution in [3.05, 3.63) is 93.3 Å². The van der Waals surface area contributed by atoms with Gasteiger partial charge in [-0.3, -0.25) is 19.3 Å². The van der Waals surface area contributed by atoms with E-state index in [1.807, 2.05) is 37.3 Å². The molecule has 0 bridgehead atoms. The summed E-state index contributed by atoms with van der Waals surface area (Å²) in [6.07, 6.45) is 1.56. The Morgan fingerprint density at radius 3 is 2.50 bits per heavy atom. The minimum atomic E-state index is -0.666. The number of ether oxygens (including phenoxy) is 3. The maximum absolute atomic E-state index is 13.0. The van der Waals surface area contributed by atoms with Crippen molar-refractivity contribution in [2.75, 3.05) is 25.6 Å². The first-order chi connectivity index (χ1) is 19.3. The van der Waals surface area contributed by atoms with Gasteiger partial charge in [-0.2, -0.15) is 0 Å². The highest BCUT2D eigenvalue weighted by Gasteiger charge is 2.36. The molecule has 9 nitrogen and oxygen atoms in total. The highest BCUT2D eigenvalue weighted by molar-refractivity contribution is 8.18. The molecule has 3 amide bonds. The summed E-state index contributed by atoms with van der Waals surface area (Å²) in [4.78, 5) is 51.0. The van der Waals surface area contributed by atoms with E-state index in [0.717, 1.165) is 22.2 Å².